The van der Waals surface area contributed by atoms with Crippen LogP contribution in [0.3, 0.4) is 0 Å². The van der Waals surface area contributed by atoms with Gasteiger partial charge in [-0.15, -0.1) is 0 Å². The molecule has 2 amide bonds. The number of ether oxygens (including phenoxy) is 2. The minimum absolute atomic E-state index is 0.100. The van der Waals surface area contributed by atoms with Gasteiger partial charge in [0.25, 0.3) is 17.4 Å². The number of fused-ring (bicyclic) bond motifs is 2. The number of methoxy groups -OCH3 is 2. The van der Waals surface area contributed by atoms with Crippen LogP contribution in [0.2, 0.25) is 0 Å². The third-order valence-electron chi connectivity index (χ3n) is 7.58. The van der Waals surface area contributed by atoms with Crippen molar-refractivity contribution in [3.63, 3.8) is 0 Å². The summed E-state index contributed by atoms with van der Waals surface area (Å²) >= 11 is 0. The van der Waals surface area contributed by atoms with Gasteiger partial charge in [0.05, 0.1) is 42.4 Å². The predicted octanol–water partition coefficient (Wildman–Crippen LogP) is 3.90. The van der Waals surface area contributed by atoms with E-state index in [-0.39, 0.29) is 30.3 Å². The number of aryl methyl sites for hydroxylation is 2. The average molecular weight is 564 g/mol. The lowest BCUT2D eigenvalue weighted by molar-refractivity contribution is 0.0655. The number of rotatable bonds is 9. The van der Waals surface area contributed by atoms with Crippen molar-refractivity contribution >= 4 is 22.7 Å². The van der Waals surface area contributed by atoms with E-state index < -0.39 is 0 Å². The average Bonchev–Trinajstić information content (AvgIpc) is 3.55. The summed E-state index contributed by atoms with van der Waals surface area (Å²) in [7, 11) is 5.01. The van der Waals surface area contributed by atoms with Crippen LogP contribution in [0, 0.1) is 0 Å². The summed E-state index contributed by atoms with van der Waals surface area (Å²) in [6.45, 7) is 0.446. The first-order valence-corrected chi connectivity index (χ1v) is 13.6. The maximum Gasteiger partial charge on any atom is 0.261 e. The number of benzene rings is 3. The fourth-order valence-corrected chi connectivity index (χ4v) is 5.37. The second-order valence-electron chi connectivity index (χ2n) is 10.1. The molecule has 1 aliphatic heterocycles. The van der Waals surface area contributed by atoms with Crippen molar-refractivity contribution in [1.82, 2.24) is 24.2 Å². The fourth-order valence-electron chi connectivity index (χ4n) is 5.37. The maximum atomic E-state index is 13.9. The monoisotopic (exact) mass is 563 g/mol. The summed E-state index contributed by atoms with van der Waals surface area (Å²) in [5, 5.41) is 4.73. The molecule has 6 rings (SSSR count). The zero-order valence-corrected chi connectivity index (χ0v) is 23.5. The Kier molecular flexibility index (Phi) is 7.03. The largest absolute Gasteiger partial charge is 0.493 e. The molecule has 3 heterocycles. The molecule has 10 nitrogen and oxygen atoms in total. The number of aromatic nitrogens is 4. The number of hydrogen-bond donors (Lipinski definition) is 0. The lowest BCUT2D eigenvalue weighted by Gasteiger charge is -2.18. The third-order valence-corrected chi connectivity index (χ3v) is 7.58. The second-order valence-corrected chi connectivity index (χ2v) is 10.1. The highest BCUT2D eigenvalue weighted by Gasteiger charge is 2.35. The van der Waals surface area contributed by atoms with Crippen molar-refractivity contribution < 1.29 is 19.1 Å². The van der Waals surface area contributed by atoms with Crippen molar-refractivity contribution in [2.75, 3.05) is 20.8 Å². The molecule has 3 aromatic carbocycles. The van der Waals surface area contributed by atoms with Crippen LogP contribution in [0.4, 0.5) is 0 Å². The van der Waals surface area contributed by atoms with Gasteiger partial charge in [-0.1, -0.05) is 24.3 Å². The van der Waals surface area contributed by atoms with Gasteiger partial charge in [-0.2, -0.15) is 5.10 Å². The van der Waals surface area contributed by atoms with Gasteiger partial charge < -0.3 is 9.47 Å². The molecule has 0 saturated carbocycles. The molecule has 0 spiro atoms. The van der Waals surface area contributed by atoms with Crippen LogP contribution in [-0.2, 0) is 26.4 Å². The predicted molar refractivity (Wildman–Crippen MR) is 157 cm³/mol. The van der Waals surface area contributed by atoms with Gasteiger partial charge in [0.2, 0.25) is 0 Å². The highest BCUT2D eigenvalue weighted by Crippen LogP contribution is 2.28. The maximum absolute atomic E-state index is 13.9. The Morgan fingerprint density at radius 2 is 1.52 bits per heavy atom. The van der Waals surface area contributed by atoms with Crippen LogP contribution in [0.25, 0.3) is 22.0 Å². The summed E-state index contributed by atoms with van der Waals surface area (Å²) in [5.74, 6) is 1.04. The van der Waals surface area contributed by atoms with Crippen LogP contribution < -0.4 is 15.0 Å². The molecule has 5 aromatic rings. The highest BCUT2D eigenvalue weighted by atomic mass is 16.5. The van der Waals surface area contributed by atoms with Gasteiger partial charge in [-0.3, -0.25) is 28.5 Å². The van der Waals surface area contributed by atoms with E-state index in [1.54, 1.807) is 60.0 Å². The molecule has 10 heteroatoms. The Hall–Kier alpha value is -5.25. The van der Waals surface area contributed by atoms with E-state index in [0.29, 0.717) is 52.3 Å². The van der Waals surface area contributed by atoms with Crippen molar-refractivity contribution in [2.24, 2.45) is 7.05 Å². The van der Waals surface area contributed by atoms with E-state index in [2.05, 4.69) is 5.10 Å². The smallest absolute Gasteiger partial charge is 0.261 e. The van der Waals surface area contributed by atoms with E-state index in [1.807, 2.05) is 43.6 Å². The van der Waals surface area contributed by atoms with Gasteiger partial charge in [-0.25, -0.2) is 4.98 Å². The molecule has 0 aliphatic carbocycles. The molecular formula is C32H29N5O5. The number of imide groups is 1. The van der Waals surface area contributed by atoms with Gasteiger partial charge >= 0.3 is 0 Å². The molecule has 212 valence electrons. The van der Waals surface area contributed by atoms with E-state index in [9.17, 15) is 14.4 Å². The molecule has 0 bridgehead atoms. The summed E-state index contributed by atoms with van der Waals surface area (Å²) in [6, 6.07) is 18.0. The van der Waals surface area contributed by atoms with Crippen LogP contribution >= 0.6 is 0 Å². The zero-order valence-electron chi connectivity index (χ0n) is 23.5. The first-order valence-electron chi connectivity index (χ1n) is 13.6. The minimum Gasteiger partial charge on any atom is -0.493 e. The minimum atomic E-state index is -0.338. The number of carbonyl (C=O) groups is 2. The van der Waals surface area contributed by atoms with E-state index in [4.69, 9.17) is 14.5 Å². The van der Waals surface area contributed by atoms with E-state index >= 15 is 0 Å². The Balaban J connectivity index is 1.36. The topological polar surface area (TPSA) is 109 Å². The SMILES string of the molecule is COc1ccc(CCn2c(CCN3C(=O)c4ccccc4C3=O)nc3cc(-c4cnn(C)c4)ccc3c2=O)cc1OC. The van der Waals surface area contributed by atoms with Gasteiger partial charge in [0.15, 0.2) is 11.5 Å². The number of carbonyl (C=O) groups excluding carboxylic acids is 2. The zero-order chi connectivity index (χ0) is 29.4. The Bertz CT molecular complexity index is 1870. The van der Waals surface area contributed by atoms with Crippen molar-refractivity contribution in [3.8, 4) is 22.6 Å². The lowest BCUT2D eigenvalue weighted by atomic mass is 10.1. The number of hydrogen-bond acceptors (Lipinski definition) is 7. The lowest BCUT2D eigenvalue weighted by Crippen LogP contribution is -2.34. The molecule has 0 radical (unpaired) electrons. The summed E-state index contributed by atoms with van der Waals surface area (Å²) in [4.78, 5) is 46.0. The number of amides is 2. The Morgan fingerprint density at radius 1 is 0.786 bits per heavy atom. The van der Waals surface area contributed by atoms with Crippen LogP contribution in [0.1, 0.15) is 32.1 Å². The van der Waals surface area contributed by atoms with Crippen molar-refractivity contribution in [1.29, 1.82) is 0 Å². The summed E-state index contributed by atoms with van der Waals surface area (Å²) in [5.41, 5.74) is 3.89. The van der Waals surface area contributed by atoms with Crippen LogP contribution in [0.5, 0.6) is 11.5 Å². The quantitative estimate of drug-likeness (QED) is 0.250. The summed E-state index contributed by atoms with van der Waals surface area (Å²) in [6.07, 6.45) is 4.41. The third kappa shape index (κ3) is 4.81. The fraction of sp³-hybridized carbons (Fsp3) is 0.219. The molecule has 0 unspecified atom stereocenters. The number of nitrogens with zero attached hydrogens (tertiary/aromatic N) is 5. The van der Waals surface area contributed by atoms with E-state index in [1.165, 1.54) is 4.90 Å². The molecular weight excluding hydrogens is 534 g/mol. The first kappa shape index (κ1) is 26.9. The molecule has 1 aliphatic rings. The molecule has 2 aromatic heterocycles. The standard InChI is InChI=1S/C32H29N5O5/c1-35-19-22(18-33-35)21-9-10-25-26(17-21)34-29(13-15-37-30(38)23-6-4-5-7-24(23)31(37)39)36(32(25)40)14-12-20-8-11-27(41-2)28(16-20)42-3/h4-11,16-19H,12-15H2,1-3H3. The van der Waals surface area contributed by atoms with Gasteiger partial charge in [0.1, 0.15) is 5.82 Å². The Labute approximate surface area is 241 Å². The molecule has 0 fully saturated rings. The Morgan fingerprint density at radius 3 is 2.19 bits per heavy atom. The van der Waals surface area contributed by atoms with E-state index in [0.717, 1.165) is 16.7 Å². The van der Waals surface area contributed by atoms with Crippen LogP contribution in [-0.4, -0.2) is 56.8 Å². The normalized spacial score (nSPS) is 12.7. The molecule has 42 heavy (non-hydrogen) atoms. The molecule has 0 N–H and O–H groups in total. The second kappa shape index (κ2) is 11.0. The van der Waals surface area contributed by atoms with Crippen molar-refractivity contribution in [3.05, 3.63) is 106 Å². The van der Waals surface area contributed by atoms with Gasteiger partial charge in [0, 0.05) is 38.3 Å². The first-order chi connectivity index (χ1) is 20.4. The summed E-state index contributed by atoms with van der Waals surface area (Å²) < 4.78 is 14.1. The van der Waals surface area contributed by atoms with Gasteiger partial charge in [-0.05, 0) is 53.9 Å². The molecule has 0 atom stereocenters. The van der Waals surface area contributed by atoms with Crippen LogP contribution in [0.15, 0.2) is 77.9 Å². The van der Waals surface area contributed by atoms with Crippen molar-refractivity contribution in [2.45, 2.75) is 19.4 Å². The molecule has 0 saturated heterocycles. The highest BCUT2D eigenvalue weighted by molar-refractivity contribution is 6.21.